The molecular weight excluding hydrogens is 274 g/mol. The second-order valence-corrected chi connectivity index (χ2v) is 5.13. The molecule has 7 nitrogen and oxygen atoms in total. The monoisotopic (exact) mass is 293 g/mol. The SMILES string of the molecule is CNc1c(C(=O)NCC2(OC)CCC2)cccc1[N+](=O)[O-]. The number of carbonyl (C=O) groups is 1. The first-order chi connectivity index (χ1) is 10.0. The van der Waals surface area contributed by atoms with E-state index in [1.165, 1.54) is 12.1 Å². The number of nitrogens with zero attached hydrogens (tertiary/aromatic N) is 1. The highest BCUT2D eigenvalue weighted by molar-refractivity contribution is 6.01. The normalized spacial score (nSPS) is 15.9. The molecule has 0 saturated heterocycles. The maximum absolute atomic E-state index is 12.3. The van der Waals surface area contributed by atoms with E-state index in [1.807, 2.05) is 0 Å². The Bertz CT molecular complexity index is 550. The van der Waals surface area contributed by atoms with Crippen molar-refractivity contribution in [1.29, 1.82) is 0 Å². The van der Waals surface area contributed by atoms with E-state index in [0.717, 1.165) is 19.3 Å². The Kier molecular flexibility index (Phi) is 4.42. The largest absolute Gasteiger partial charge is 0.382 e. The molecule has 2 N–H and O–H groups in total. The quantitative estimate of drug-likeness (QED) is 0.617. The molecule has 0 bridgehead atoms. The molecule has 1 saturated carbocycles. The highest BCUT2D eigenvalue weighted by Crippen LogP contribution is 2.34. The highest BCUT2D eigenvalue weighted by Gasteiger charge is 2.37. The summed E-state index contributed by atoms with van der Waals surface area (Å²) >= 11 is 0. The molecule has 1 aliphatic rings. The number of hydrogen-bond donors (Lipinski definition) is 2. The molecule has 114 valence electrons. The predicted molar refractivity (Wildman–Crippen MR) is 78.6 cm³/mol. The average molecular weight is 293 g/mol. The minimum atomic E-state index is -0.509. The molecule has 2 rings (SSSR count). The van der Waals surface area contributed by atoms with Crippen LogP contribution in [0.2, 0.25) is 0 Å². The van der Waals surface area contributed by atoms with Crippen molar-refractivity contribution < 1.29 is 14.5 Å². The number of rotatable bonds is 6. The smallest absolute Gasteiger partial charge is 0.293 e. The number of nitrogens with one attached hydrogen (secondary N) is 2. The second kappa shape index (κ2) is 6.09. The summed E-state index contributed by atoms with van der Waals surface area (Å²) in [6.45, 7) is 0.411. The molecule has 1 fully saturated rings. The van der Waals surface area contributed by atoms with E-state index >= 15 is 0 Å². The molecule has 0 aromatic heterocycles. The molecular formula is C14H19N3O4. The Labute approximate surface area is 122 Å². The number of ether oxygens (including phenoxy) is 1. The van der Waals surface area contributed by atoms with Crippen molar-refractivity contribution in [3.8, 4) is 0 Å². The van der Waals surface area contributed by atoms with Crippen LogP contribution in [0.4, 0.5) is 11.4 Å². The van der Waals surface area contributed by atoms with Gasteiger partial charge in [-0.2, -0.15) is 0 Å². The average Bonchev–Trinajstić information content (AvgIpc) is 2.45. The number of carbonyl (C=O) groups excluding carboxylic acids is 1. The lowest BCUT2D eigenvalue weighted by Gasteiger charge is -2.40. The second-order valence-electron chi connectivity index (χ2n) is 5.13. The lowest BCUT2D eigenvalue weighted by Crippen LogP contribution is -2.49. The van der Waals surface area contributed by atoms with E-state index in [9.17, 15) is 14.9 Å². The number of benzene rings is 1. The third-order valence-corrected chi connectivity index (χ3v) is 4.00. The summed E-state index contributed by atoms with van der Waals surface area (Å²) in [6, 6.07) is 4.43. The van der Waals surface area contributed by atoms with Crippen LogP contribution in [0.5, 0.6) is 0 Å². The number of nitro benzene ring substituents is 1. The molecule has 0 radical (unpaired) electrons. The Morgan fingerprint density at radius 2 is 2.19 bits per heavy atom. The van der Waals surface area contributed by atoms with Gasteiger partial charge in [0.15, 0.2) is 0 Å². The number of amides is 1. The summed E-state index contributed by atoms with van der Waals surface area (Å²) in [6.07, 6.45) is 2.91. The maximum atomic E-state index is 12.3. The summed E-state index contributed by atoms with van der Waals surface area (Å²) in [5.74, 6) is -0.341. The predicted octanol–water partition coefficient (Wildman–Crippen LogP) is 1.94. The van der Waals surface area contributed by atoms with Gasteiger partial charge in [-0.25, -0.2) is 0 Å². The van der Waals surface area contributed by atoms with Crippen molar-refractivity contribution in [2.24, 2.45) is 0 Å². The van der Waals surface area contributed by atoms with Crippen LogP contribution in [-0.2, 0) is 4.74 Å². The molecule has 0 aliphatic heterocycles. The van der Waals surface area contributed by atoms with Crippen LogP contribution in [0.15, 0.2) is 18.2 Å². The van der Waals surface area contributed by atoms with Crippen molar-refractivity contribution in [2.75, 3.05) is 26.0 Å². The molecule has 1 amide bonds. The van der Waals surface area contributed by atoms with E-state index in [4.69, 9.17) is 4.74 Å². The molecule has 0 spiro atoms. The number of para-hydroxylation sites is 1. The van der Waals surface area contributed by atoms with Gasteiger partial charge in [-0.15, -0.1) is 0 Å². The third kappa shape index (κ3) is 2.97. The summed E-state index contributed by atoms with van der Waals surface area (Å²) in [4.78, 5) is 22.8. The Morgan fingerprint density at radius 3 is 2.67 bits per heavy atom. The van der Waals surface area contributed by atoms with Gasteiger partial charge in [0.1, 0.15) is 5.69 Å². The Balaban J connectivity index is 2.15. The van der Waals surface area contributed by atoms with Crippen LogP contribution >= 0.6 is 0 Å². The third-order valence-electron chi connectivity index (χ3n) is 4.00. The van der Waals surface area contributed by atoms with Crippen LogP contribution in [0.3, 0.4) is 0 Å². The molecule has 0 unspecified atom stereocenters. The standard InChI is InChI=1S/C14H19N3O4/c1-15-12-10(5-3-6-11(12)17(19)20)13(18)16-9-14(21-2)7-4-8-14/h3,5-6,15H,4,7-9H2,1-2H3,(H,16,18). The highest BCUT2D eigenvalue weighted by atomic mass is 16.6. The lowest BCUT2D eigenvalue weighted by molar-refractivity contribution is -0.384. The van der Waals surface area contributed by atoms with Crippen LogP contribution in [0.1, 0.15) is 29.6 Å². The van der Waals surface area contributed by atoms with E-state index in [1.54, 1.807) is 20.2 Å². The van der Waals surface area contributed by atoms with Crippen LogP contribution in [-0.4, -0.2) is 37.1 Å². The summed E-state index contributed by atoms with van der Waals surface area (Å²) in [5, 5.41) is 16.5. The number of nitro groups is 1. The number of methoxy groups -OCH3 is 1. The van der Waals surface area contributed by atoms with Crippen LogP contribution in [0.25, 0.3) is 0 Å². The van der Waals surface area contributed by atoms with Crippen LogP contribution in [0, 0.1) is 10.1 Å². The topological polar surface area (TPSA) is 93.5 Å². The van der Waals surface area contributed by atoms with Gasteiger partial charge in [-0.05, 0) is 25.3 Å². The van der Waals surface area contributed by atoms with Gasteiger partial charge in [0.05, 0.1) is 16.1 Å². The zero-order valence-electron chi connectivity index (χ0n) is 12.1. The first kappa shape index (κ1) is 15.2. The van der Waals surface area contributed by atoms with Crippen molar-refractivity contribution >= 4 is 17.3 Å². The first-order valence-corrected chi connectivity index (χ1v) is 6.81. The van der Waals surface area contributed by atoms with Gasteiger partial charge in [0.25, 0.3) is 11.6 Å². The fourth-order valence-electron chi connectivity index (χ4n) is 2.51. The van der Waals surface area contributed by atoms with Crippen molar-refractivity contribution in [1.82, 2.24) is 5.32 Å². The lowest BCUT2D eigenvalue weighted by atomic mass is 9.80. The van der Waals surface area contributed by atoms with Gasteiger partial charge >= 0.3 is 0 Å². The van der Waals surface area contributed by atoms with Gasteiger partial charge in [-0.3, -0.25) is 14.9 Å². The van der Waals surface area contributed by atoms with E-state index in [-0.39, 0.29) is 28.4 Å². The van der Waals surface area contributed by atoms with Gasteiger partial charge in [0.2, 0.25) is 0 Å². The number of hydrogen-bond acceptors (Lipinski definition) is 5. The van der Waals surface area contributed by atoms with Gasteiger partial charge in [0, 0.05) is 26.8 Å². The van der Waals surface area contributed by atoms with E-state index in [0.29, 0.717) is 6.54 Å². The number of anilines is 1. The summed E-state index contributed by atoms with van der Waals surface area (Å²) in [5.41, 5.74) is 0.0866. The first-order valence-electron chi connectivity index (χ1n) is 6.81. The zero-order chi connectivity index (χ0) is 15.5. The molecule has 7 heteroatoms. The van der Waals surface area contributed by atoms with Crippen molar-refractivity contribution in [2.45, 2.75) is 24.9 Å². The fourth-order valence-corrected chi connectivity index (χ4v) is 2.51. The van der Waals surface area contributed by atoms with Gasteiger partial charge in [-0.1, -0.05) is 6.07 Å². The fraction of sp³-hybridized carbons (Fsp3) is 0.500. The molecule has 0 atom stereocenters. The molecule has 0 heterocycles. The van der Waals surface area contributed by atoms with Crippen molar-refractivity contribution in [3.63, 3.8) is 0 Å². The van der Waals surface area contributed by atoms with Crippen LogP contribution < -0.4 is 10.6 Å². The minimum absolute atomic E-state index is 0.116. The summed E-state index contributed by atoms with van der Waals surface area (Å²) in [7, 11) is 3.19. The van der Waals surface area contributed by atoms with E-state index < -0.39 is 4.92 Å². The molecule has 21 heavy (non-hydrogen) atoms. The molecule has 1 aliphatic carbocycles. The van der Waals surface area contributed by atoms with E-state index in [2.05, 4.69) is 10.6 Å². The van der Waals surface area contributed by atoms with Crippen molar-refractivity contribution in [3.05, 3.63) is 33.9 Å². The Morgan fingerprint density at radius 1 is 1.48 bits per heavy atom. The summed E-state index contributed by atoms with van der Waals surface area (Å²) < 4.78 is 5.44. The molecule has 1 aromatic carbocycles. The minimum Gasteiger partial charge on any atom is -0.382 e. The maximum Gasteiger partial charge on any atom is 0.293 e. The Hall–Kier alpha value is -2.15. The zero-order valence-corrected chi connectivity index (χ0v) is 12.1. The van der Waals surface area contributed by atoms with Gasteiger partial charge < -0.3 is 15.4 Å². The molecule has 1 aromatic rings.